The minimum atomic E-state index is -3.12. The van der Waals surface area contributed by atoms with E-state index >= 15 is 13.2 Å². The second-order valence-corrected chi connectivity index (χ2v) is 12.3. The molecule has 4 aliphatic rings. The molecule has 1 aliphatic carbocycles. The predicted octanol–water partition coefficient (Wildman–Crippen LogP) is 2.95. The zero-order valence-corrected chi connectivity index (χ0v) is 24.0. The third kappa shape index (κ3) is 4.73. The normalized spacial score (nSPS) is 24.6. The Morgan fingerprint density at radius 1 is 1.23 bits per heavy atom. The van der Waals surface area contributed by atoms with Crippen LogP contribution in [0, 0.1) is 5.82 Å². The number of nitrogens with zero attached hydrogens (tertiary/aromatic N) is 3. The smallest absolute Gasteiger partial charge is 0.233 e. The summed E-state index contributed by atoms with van der Waals surface area (Å²) in [5.74, 6) is -4.93. The first-order chi connectivity index (χ1) is 19.3. The largest absolute Gasteiger partial charge is 0.471 e. The maximum Gasteiger partial charge on any atom is 0.233 e. The van der Waals surface area contributed by atoms with Gasteiger partial charge in [0.2, 0.25) is 11.7 Å². The molecule has 3 aliphatic heterocycles. The van der Waals surface area contributed by atoms with Gasteiger partial charge in [-0.05, 0) is 28.9 Å². The highest BCUT2D eigenvalue weighted by Crippen LogP contribution is 2.42. The van der Waals surface area contributed by atoms with E-state index in [1.165, 1.54) is 40.0 Å². The van der Waals surface area contributed by atoms with Crippen molar-refractivity contribution in [3.8, 4) is 5.88 Å². The molecule has 40 heavy (non-hydrogen) atoms. The summed E-state index contributed by atoms with van der Waals surface area (Å²) in [5, 5.41) is 3.41. The number of rotatable bonds is 6. The van der Waals surface area contributed by atoms with Crippen LogP contribution in [0.3, 0.4) is 0 Å². The van der Waals surface area contributed by atoms with Crippen LogP contribution in [-0.2, 0) is 0 Å². The number of anilines is 1. The molecule has 0 spiro atoms. The van der Waals surface area contributed by atoms with Crippen molar-refractivity contribution in [2.24, 2.45) is 5.73 Å². The van der Waals surface area contributed by atoms with Crippen molar-refractivity contribution < 1.29 is 17.9 Å². The molecule has 4 heterocycles. The van der Waals surface area contributed by atoms with E-state index in [2.05, 4.69) is 30.9 Å². The van der Waals surface area contributed by atoms with E-state index in [0.29, 0.717) is 43.1 Å². The summed E-state index contributed by atoms with van der Waals surface area (Å²) < 4.78 is 56.9. The summed E-state index contributed by atoms with van der Waals surface area (Å²) >= 11 is 6.62. The maximum absolute atomic E-state index is 16.1. The van der Waals surface area contributed by atoms with Gasteiger partial charge in [0.25, 0.3) is 0 Å². The molecule has 2 aromatic rings. The molecule has 0 bridgehead atoms. The summed E-state index contributed by atoms with van der Waals surface area (Å²) in [6, 6.07) is 5.90. The standard InChI is InChI=1S/C27H28ClF3N6OS2/c1-36-10-4-5-15(36)13-38-26-20(18-14-39-40-35-18)23(37-11-8-33-9-12-37)21-19(16-6-2-3-7-17(16)29)24(28)27(31,32)25(30)22(21)34-26/h2-3,5-7,14,24,33,35H,4,8-13,32H2,1H3. The van der Waals surface area contributed by atoms with Crippen LogP contribution in [0.4, 0.5) is 18.9 Å². The number of benzene rings is 1. The lowest BCUT2D eigenvalue weighted by molar-refractivity contribution is 0.231. The van der Waals surface area contributed by atoms with Gasteiger partial charge >= 0.3 is 0 Å². The number of aromatic nitrogens is 1. The van der Waals surface area contributed by atoms with Crippen LogP contribution in [0.1, 0.15) is 17.5 Å². The molecule has 6 rings (SSSR count). The van der Waals surface area contributed by atoms with E-state index in [-0.39, 0.29) is 34.2 Å². The molecular formula is C27H28ClF3N6OS2. The SMILES string of the molecule is CN1CCC=C1COc1nc2c(c(N3CCNCC3)c1C1=CSSN1)=C(c1ccccc1F)C(Cl)C(N)(F)C=2F. The van der Waals surface area contributed by atoms with Crippen LogP contribution in [0.5, 0.6) is 5.88 Å². The van der Waals surface area contributed by atoms with Gasteiger partial charge in [-0.25, -0.2) is 18.2 Å². The number of nitrogens with one attached hydrogen (secondary N) is 2. The van der Waals surface area contributed by atoms with Crippen molar-refractivity contribution in [3.63, 3.8) is 0 Å². The second kappa shape index (κ2) is 11.1. The summed E-state index contributed by atoms with van der Waals surface area (Å²) in [4.78, 5) is 8.72. The third-order valence-electron chi connectivity index (χ3n) is 7.50. The Morgan fingerprint density at radius 2 is 2.00 bits per heavy atom. The number of ether oxygens (including phenoxy) is 1. The van der Waals surface area contributed by atoms with Gasteiger partial charge in [0, 0.05) is 72.6 Å². The van der Waals surface area contributed by atoms with Gasteiger partial charge in [-0.2, -0.15) is 0 Å². The van der Waals surface area contributed by atoms with Crippen LogP contribution in [0.15, 0.2) is 41.4 Å². The summed E-state index contributed by atoms with van der Waals surface area (Å²) in [6.45, 7) is 3.51. The number of hydrogen-bond donors (Lipinski definition) is 3. The lowest BCUT2D eigenvalue weighted by Crippen LogP contribution is -2.57. The van der Waals surface area contributed by atoms with E-state index in [4.69, 9.17) is 22.1 Å². The summed E-state index contributed by atoms with van der Waals surface area (Å²) in [5.41, 5.74) is 8.76. The number of likely N-dealkylation sites (N-methyl/N-ethyl adjacent to an activating group) is 1. The van der Waals surface area contributed by atoms with Crippen LogP contribution in [-0.4, -0.2) is 67.4 Å². The van der Waals surface area contributed by atoms with E-state index in [0.717, 1.165) is 18.7 Å². The fraction of sp³-hybridized carbons (Fsp3) is 0.370. The quantitative estimate of drug-likeness (QED) is 0.199. The highest BCUT2D eigenvalue weighted by molar-refractivity contribution is 8.77. The average molecular weight is 609 g/mol. The first-order valence-electron chi connectivity index (χ1n) is 12.9. The monoisotopic (exact) mass is 608 g/mol. The topological polar surface area (TPSA) is 78.7 Å². The van der Waals surface area contributed by atoms with Gasteiger partial charge in [-0.1, -0.05) is 24.3 Å². The Labute approximate surface area is 242 Å². The number of piperazine rings is 1. The second-order valence-electron chi connectivity index (χ2n) is 9.95. The highest BCUT2D eigenvalue weighted by atomic mass is 35.5. The molecule has 1 saturated heterocycles. The third-order valence-corrected chi connectivity index (χ3v) is 9.59. The van der Waals surface area contributed by atoms with Crippen LogP contribution in [0.25, 0.3) is 17.1 Å². The molecule has 2 unspecified atom stereocenters. The van der Waals surface area contributed by atoms with Crippen molar-refractivity contribution in [1.29, 1.82) is 0 Å². The van der Waals surface area contributed by atoms with Crippen molar-refractivity contribution in [2.75, 3.05) is 51.3 Å². The number of fused-ring (bicyclic) bond motifs is 1. The molecular weight excluding hydrogens is 581 g/mol. The number of alkyl halides is 2. The molecule has 0 amide bonds. The van der Waals surface area contributed by atoms with Crippen molar-refractivity contribution >= 4 is 56.2 Å². The average Bonchev–Trinajstić information content (AvgIpc) is 3.64. The Bertz CT molecular complexity index is 1530. The van der Waals surface area contributed by atoms with Crippen LogP contribution >= 0.6 is 33.4 Å². The molecule has 212 valence electrons. The van der Waals surface area contributed by atoms with Crippen molar-refractivity contribution in [1.82, 2.24) is 19.9 Å². The van der Waals surface area contributed by atoms with Gasteiger partial charge in [-0.3, -0.25) is 5.73 Å². The number of halogens is 4. The summed E-state index contributed by atoms with van der Waals surface area (Å²) in [6.07, 6.45) is 2.97. The first kappa shape index (κ1) is 27.6. The molecule has 7 nitrogen and oxygen atoms in total. The van der Waals surface area contributed by atoms with Crippen molar-refractivity contribution in [2.45, 2.75) is 17.6 Å². The molecule has 4 N–H and O–H groups in total. The minimum absolute atomic E-state index is 0.0383. The van der Waals surface area contributed by atoms with Gasteiger partial charge in [0.15, 0.2) is 5.83 Å². The lowest BCUT2D eigenvalue weighted by Gasteiger charge is -2.36. The van der Waals surface area contributed by atoms with E-state index in [1.807, 2.05) is 12.5 Å². The van der Waals surface area contributed by atoms with Crippen LogP contribution in [0.2, 0.25) is 0 Å². The van der Waals surface area contributed by atoms with Crippen LogP contribution < -0.4 is 36.0 Å². The Kier molecular flexibility index (Phi) is 7.64. The lowest BCUT2D eigenvalue weighted by atomic mass is 9.88. The molecule has 13 heteroatoms. The molecule has 0 radical (unpaired) electrons. The number of hydrogen-bond acceptors (Lipinski definition) is 9. The van der Waals surface area contributed by atoms with Gasteiger partial charge in [-0.15, -0.1) is 11.6 Å². The minimum Gasteiger partial charge on any atom is -0.471 e. The fourth-order valence-corrected chi connectivity index (χ4v) is 7.27. The zero-order chi connectivity index (χ0) is 28.0. The Hall–Kier alpha value is -2.51. The molecule has 1 aromatic heterocycles. The highest BCUT2D eigenvalue weighted by Gasteiger charge is 2.47. The van der Waals surface area contributed by atoms with E-state index in [9.17, 15) is 0 Å². The Morgan fingerprint density at radius 3 is 2.67 bits per heavy atom. The van der Waals surface area contributed by atoms with Gasteiger partial charge in [0.1, 0.15) is 23.2 Å². The first-order valence-corrected chi connectivity index (χ1v) is 15.6. The van der Waals surface area contributed by atoms with Gasteiger partial charge in [0.05, 0.1) is 16.9 Å². The fourth-order valence-electron chi connectivity index (χ4n) is 5.41. The molecule has 1 fully saturated rings. The maximum atomic E-state index is 16.1. The number of pyridine rings is 1. The van der Waals surface area contributed by atoms with Crippen molar-refractivity contribution in [3.05, 3.63) is 69.0 Å². The molecule has 0 saturated carbocycles. The Balaban J connectivity index is 1.72. The molecule has 1 aromatic carbocycles. The summed E-state index contributed by atoms with van der Waals surface area (Å²) in [7, 11) is 4.86. The number of nitrogens with two attached hydrogens (primary N) is 1. The van der Waals surface area contributed by atoms with E-state index in [1.54, 1.807) is 6.07 Å². The van der Waals surface area contributed by atoms with Gasteiger partial charge < -0.3 is 24.6 Å². The zero-order valence-electron chi connectivity index (χ0n) is 21.6. The predicted molar refractivity (Wildman–Crippen MR) is 157 cm³/mol. The molecule has 2 atom stereocenters. The van der Waals surface area contributed by atoms with E-state index < -0.39 is 22.8 Å².